The summed E-state index contributed by atoms with van der Waals surface area (Å²) in [6.45, 7) is -0.119. The summed E-state index contributed by atoms with van der Waals surface area (Å²) >= 11 is 0. The van der Waals surface area contributed by atoms with Crippen LogP contribution >= 0.6 is 0 Å². The van der Waals surface area contributed by atoms with E-state index < -0.39 is 12.0 Å². The lowest BCUT2D eigenvalue weighted by Crippen LogP contribution is -2.40. The number of hydrogen-bond acceptors (Lipinski definition) is 4. The molecule has 0 bridgehead atoms. The quantitative estimate of drug-likeness (QED) is 0.336. The highest BCUT2D eigenvalue weighted by atomic mass is 16.5. The van der Waals surface area contributed by atoms with Crippen molar-refractivity contribution in [3.05, 3.63) is 0 Å². The maximum atomic E-state index is 9.86. The van der Waals surface area contributed by atoms with Gasteiger partial charge in [0.25, 0.3) is 0 Å². The van der Waals surface area contributed by atoms with E-state index in [0.29, 0.717) is 0 Å². The summed E-state index contributed by atoms with van der Waals surface area (Å²) in [5.74, 6) is -1.16. The van der Waals surface area contributed by atoms with Crippen molar-refractivity contribution in [2.45, 2.75) is 6.04 Å². The maximum Gasteiger partial charge on any atom is 0.324 e. The molecule has 5 nitrogen and oxygen atoms in total. The standard InChI is InChI=1S/C3H8N2O3/c4-1-2(5-8)3(6)7/h2,5,8H,1,4H2,(H,6,7)/t2-/m0/s1. The third-order valence-electron chi connectivity index (χ3n) is 0.690. The molecule has 0 unspecified atom stereocenters. The first-order chi connectivity index (χ1) is 3.72. The molecule has 1 atom stereocenters. The lowest BCUT2D eigenvalue weighted by molar-refractivity contribution is -0.141. The molecule has 0 saturated carbocycles. The number of nitrogens with two attached hydrogens (primary N) is 1. The average molecular weight is 120 g/mol. The molecule has 5 N–H and O–H groups in total. The van der Waals surface area contributed by atoms with Crippen LogP contribution in [0.3, 0.4) is 0 Å². The van der Waals surface area contributed by atoms with Crippen LogP contribution in [0.2, 0.25) is 0 Å². The maximum absolute atomic E-state index is 9.86. The molecule has 0 aromatic carbocycles. The van der Waals surface area contributed by atoms with E-state index in [-0.39, 0.29) is 6.54 Å². The van der Waals surface area contributed by atoms with Crippen molar-refractivity contribution in [2.75, 3.05) is 6.54 Å². The zero-order chi connectivity index (χ0) is 6.57. The van der Waals surface area contributed by atoms with Crippen molar-refractivity contribution in [1.82, 2.24) is 5.48 Å². The van der Waals surface area contributed by atoms with E-state index in [2.05, 4.69) is 0 Å². The number of nitrogens with one attached hydrogen (secondary N) is 1. The number of carbonyl (C=O) groups is 1. The summed E-state index contributed by atoms with van der Waals surface area (Å²) in [6.07, 6.45) is 0. The molecule has 48 valence electrons. The largest absolute Gasteiger partial charge is 0.480 e. The summed E-state index contributed by atoms with van der Waals surface area (Å²) < 4.78 is 0. The number of rotatable bonds is 3. The number of carboxylic acid groups (broad SMARTS) is 1. The fourth-order valence-corrected chi connectivity index (χ4v) is 0.209. The Hall–Kier alpha value is -0.650. The van der Waals surface area contributed by atoms with Gasteiger partial charge in [0.15, 0.2) is 0 Å². The molecule has 0 aromatic rings. The van der Waals surface area contributed by atoms with Gasteiger partial charge in [0.05, 0.1) is 0 Å². The number of hydrogen-bond donors (Lipinski definition) is 4. The highest BCUT2D eigenvalue weighted by Crippen LogP contribution is 1.74. The first kappa shape index (κ1) is 7.35. The third kappa shape index (κ3) is 1.87. The van der Waals surface area contributed by atoms with Gasteiger partial charge in [-0.05, 0) is 0 Å². The van der Waals surface area contributed by atoms with Crippen molar-refractivity contribution < 1.29 is 15.1 Å². The molecule has 0 rings (SSSR count). The van der Waals surface area contributed by atoms with Crippen LogP contribution in [0.5, 0.6) is 0 Å². The molecule has 0 spiro atoms. The van der Waals surface area contributed by atoms with E-state index in [1.807, 2.05) is 0 Å². The highest BCUT2D eigenvalue weighted by Gasteiger charge is 2.11. The van der Waals surface area contributed by atoms with Crippen LogP contribution in [0.15, 0.2) is 0 Å². The Morgan fingerprint density at radius 3 is 2.38 bits per heavy atom. The zero-order valence-corrected chi connectivity index (χ0v) is 4.16. The molecular weight excluding hydrogens is 112 g/mol. The van der Waals surface area contributed by atoms with E-state index in [9.17, 15) is 4.79 Å². The van der Waals surface area contributed by atoms with Crippen molar-refractivity contribution >= 4 is 5.97 Å². The normalized spacial score (nSPS) is 13.2. The smallest absolute Gasteiger partial charge is 0.324 e. The van der Waals surface area contributed by atoms with Gasteiger partial charge in [-0.2, -0.15) is 5.48 Å². The average Bonchev–Trinajstić information content (AvgIpc) is 1.69. The first-order valence-electron chi connectivity index (χ1n) is 2.05. The molecule has 0 aromatic heterocycles. The van der Waals surface area contributed by atoms with Gasteiger partial charge in [-0.3, -0.25) is 4.79 Å². The van der Waals surface area contributed by atoms with Gasteiger partial charge in [-0.15, -0.1) is 0 Å². The minimum absolute atomic E-state index is 0.119. The Labute approximate surface area is 46.1 Å². The molecule has 0 radical (unpaired) electrons. The molecule has 0 amide bonds. The number of hydroxylamine groups is 1. The van der Waals surface area contributed by atoms with Crippen LogP contribution in [0, 0.1) is 0 Å². The number of aliphatic carboxylic acids is 1. The van der Waals surface area contributed by atoms with E-state index in [1.54, 1.807) is 0 Å². The van der Waals surface area contributed by atoms with Crippen LogP contribution in [0.1, 0.15) is 0 Å². The Morgan fingerprint density at radius 1 is 1.88 bits per heavy atom. The molecule has 0 aliphatic carbocycles. The lowest BCUT2D eigenvalue weighted by Gasteiger charge is -2.03. The zero-order valence-electron chi connectivity index (χ0n) is 4.16. The second kappa shape index (κ2) is 3.36. The highest BCUT2D eigenvalue weighted by molar-refractivity contribution is 5.73. The molecule has 5 heteroatoms. The molecule has 0 fully saturated rings. The van der Waals surface area contributed by atoms with E-state index in [0.717, 1.165) is 0 Å². The fourth-order valence-electron chi connectivity index (χ4n) is 0.209. The summed E-state index contributed by atoms with van der Waals surface area (Å²) in [6, 6.07) is -1.05. The van der Waals surface area contributed by atoms with Gasteiger partial charge < -0.3 is 16.0 Å². The molecular formula is C3H8N2O3. The molecule has 8 heavy (non-hydrogen) atoms. The third-order valence-corrected chi connectivity index (χ3v) is 0.690. The van der Waals surface area contributed by atoms with Gasteiger partial charge in [0.2, 0.25) is 0 Å². The molecule has 0 saturated heterocycles. The predicted molar refractivity (Wildman–Crippen MR) is 25.4 cm³/mol. The van der Waals surface area contributed by atoms with E-state index in [4.69, 9.17) is 16.0 Å². The number of carboxylic acids is 1. The fraction of sp³-hybridized carbons (Fsp3) is 0.667. The van der Waals surface area contributed by atoms with Gasteiger partial charge in [0, 0.05) is 6.54 Å². The van der Waals surface area contributed by atoms with Crippen LogP contribution in [0.4, 0.5) is 0 Å². The molecule has 0 heterocycles. The van der Waals surface area contributed by atoms with Gasteiger partial charge in [0.1, 0.15) is 6.04 Å². The lowest BCUT2D eigenvalue weighted by atomic mass is 10.3. The van der Waals surface area contributed by atoms with Gasteiger partial charge in [-0.25, -0.2) is 0 Å². The minimum Gasteiger partial charge on any atom is -0.480 e. The monoisotopic (exact) mass is 120 g/mol. The summed E-state index contributed by atoms with van der Waals surface area (Å²) in [4.78, 5) is 9.86. The van der Waals surface area contributed by atoms with Crippen molar-refractivity contribution in [3.63, 3.8) is 0 Å². The molecule has 0 aliphatic rings. The van der Waals surface area contributed by atoms with E-state index in [1.165, 1.54) is 5.48 Å². The van der Waals surface area contributed by atoms with Gasteiger partial charge in [-0.1, -0.05) is 0 Å². The first-order valence-corrected chi connectivity index (χ1v) is 2.05. The van der Waals surface area contributed by atoms with Crippen molar-refractivity contribution in [3.8, 4) is 0 Å². The Morgan fingerprint density at radius 2 is 2.38 bits per heavy atom. The van der Waals surface area contributed by atoms with Crippen LogP contribution in [-0.4, -0.2) is 28.9 Å². The Balaban J connectivity index is 3.52. The molecule has 0 aliphatic heterocycles. The second-order valence-corrected chi connectivity index (χ2v) is 1.26. The van der Waals surface area contributed by atoms with Crippen LogP contribution < -0.4 is 11.2 Å². The van der Waals surface area contributed by atoms with E-state index >= 15 is 0 Å². The second-order valence-electron chi connectivity index (χ2n) is 1.26. The summed E-state index contributed by atoms with van der Waals surface area (Å²) in [5, 5.41) is 16.1. The topological polar surface area (TPSA) is 95.6 Å². The van der Waals surface area contributed by atoms with Crippen LogP contribution in [-0.2, 0) is 4.79 Å². The SMILES string of the molecule is NC[C@H](NO)C(=O)O. The summed E-state index contributed by atoms with van der Waals surface area (Å²) in [5.41, 5.74) is 6.41. The Bertz CT molecular complexity index is 80.6. The van der Waals surface area contributed by atoms with Gasteiger partial charge >= 0.3 is 5.97 Å². The van der Waals surface area contributed by atoms with Crippen molar-refractivity contribution in [2.24, 2.45) is 5.73 Å². The predicted octanol–water partition coefficient (Wildman–Crippen LogP) is -1.62. The summed E-state index contributed by atoms with van der Waals surface area (Å²) in [7, 11) is 0. The Kier molecular flexibility index (Phi) is 3.09. The van der Waals surface area contributed by atoms with Crippen LogP contribution in [0.25, 0.3) is 0 Å². The van der Waals surface area contributed by atoms with Crippen molar-refractivity contribution in [1.29, 1.82) is 0 Å². The minimum atomic E-state index is -1.16.